The zero-order valence-corrected chi connectivity index (χ0v) is 13.5. The van der Waals surface area contributed by atoms with Gasteiger partial charge in [-0.2, -0.15) is 0 Å². The largest absolute Gasteiger partial charge is 0.308 e. The Morgan fingerprint density at radius 1 is 1.24 bits per heavy atom. The Balaban J connectivity index is 1.39. The highest BCUT2D eigenvalue weighted by Gasteiger charge is 2.22. The molecule has 21 heavy (non-hydrogen) atoms. The van der Waals surface area contributed by atoms with Gasteiger partial charge in [-0.1, -0.05) is 12.1 Å². The number of aromatic nitrogens is 3. The summed E-state index contributed by atoms with van der Waals surface area (Å²) in [6, 6.07) is 1.50. The number of hydrogen-bond acceptors (Lipinski definition) is 4. The SMILES string of the molecule is CC1CCC(N(C)CCn2cc(CNC3CC3)nn2)CC1. The van der Waals surface area contributed by atoms with Crippen LogP contribution in [0.15, 0.2) is 6.20 Å². The first kappa shape index (κ1) is 15.0. The third-order valence-electron chi connectivity index (χ3n) is 5.03. The summed E-state index contributed by atoms with van der Waals surface area (Å²) >= 11 is 0. The van der Waals surface area contributed by atoms with Crippen LogP contribution < -0.4 is 5.32 Å². The van der Waals surface area contributed by atoms with Crippen LogP contribution in [-0.4, -0.2) is 45.6 Å². The van der Waals surface area contributed by atoms with E-state index in [1.54, 1.807) is 0 Å². The highest BCUT2D eigenvalue weighted by Crippen LogP contribution is 2.26. The summed E-state index contributed by atoms with van der Waals surface area (Å²) < 4.78 is 1.99. The second-order valence-electron chi connectivity index (χ2n) is 7.02. The van der Waals surface area contributed by atoms with Crippen LogP contribution in [0.25, 0.3) is 0 Å². The smallest absolute Gasteiger partial charge is 0.0964 e. The van der Waals surface area contributed by atoms with Gasteiger partial charge in [-0.3, -0.25) is 4.68 Å². The number of nitrogens with zero attached hydrogens (tertiary/aromatic N) is 4. The van der Waals surface area contributed by atoms with E-state index in [4.69, 9.17) is 0 Å². The number of nitrogens with one attached hydrogen (secondary N) is 1. The summed E-state index contributed by atoms with van der Waals surface area (Å²) in [6.07, 6.45) is 10.2. The van der Waals surface area contributed by atoms with Gasteiger partial charge in [0.1, 0.15) is 0 Å². The molecule has 1 aromatic rings. The van der Waals surface area contributed by atoms with Crippen LogP contribution in [0.3, 0.4) is 0 Å². The molecule has 0 bridgehead atoms. The average molecular weight is 291 g/mol. The second-order valence-corrected chi connectivity index (χ2v) is 7.02. The molecule has 0 saturated heterocycles. The van der Waals surface area contributed by atoms with Gasteiger partial charge in [0.2, 0.25) is 0 Å². The molecule has 1 heterocycles. The molecule has 3 rings (SSSR count). The van der Waals surface area contributed by atoms with Gasteiger partial charge in [0.05, 0.1) is 12.2 Å². The molecule has 2 aliphatic carbocycles. The van der Waals surface area contributed by atoms with E-state index in [1.165, 1.54) is 38.5 Å². The molecule has 1 aromatic heterocycles. The van der Waals surface area contributed by atoms with E-state index >= 15 is 0 Å². The van der Waals surface area contributed by atoms with Gasteiger partial charge >= 0.3 is 0 Å². The van der Waals surface area contributed by atoms with Crippen molar-refractivity contribution in [2.24, 2.45) is 5.92 Å². The Kier molecular flexibility index (Phi) is 4.91. The molecule has 0 radical (unpaired) electrons. The lowest BCUT2D eigenvalue weighted by Crippen LogP contribution is -2.36. The van der Waals surface area contributed by atoms with Crippen molar-refractivity contribution in [1.29, 1.82) is 0 Å². The van der Waals surface area contributed by atoms with Crippen LogP contribution >= 0.6 is 0 Å². The van der Waals surface area contributed by atoms with E-state index in [1.807, 2.05) is 4.68 Å². The predicted molar refractivity (Wildman–Crippen MR) is 83.9 cm³/mol. The topological polar surface area (TPSA) is 46.0 Å². The minimum absolute atomic E-state index is 0.731. The van der Waals surface area contributed by atoms with Crippen LogP contribution in [-0.2, 0) is 13.1 Å². The van der Waals surface area contributed by atoms with Crippen molar-refractivity contribution < 1.29 is 0 Å². The quantitative estimate of drug-likeness (QED) is 0.835. The van der Waals surface area contributed by atoms with Gasteiger partial charge < -0.3 is 10.2 Å². The second kappa shape index (κ2) is 6.88. The molecule has 0 amide bonds. The molecule has 0 unspecified atom stereocenters. The first-order valence-electron chi connectivity index (χ1n) is 8.53. The molecule has 118 valence electrons. The van der Waals surface area contributed by atoms with Gasteiger partial charge in [0, 0.05) is 31.4 Å². The zero-order chi connectivity index (χ0) is 14.7. The third kappa shape index (κ3) is 4.51. The zero-order valence-electron chi connectivity index (χ0n) is 13.5. The van der Waals surface area contributed by atoms with Crippen molar-refractivity contribution in [3.05, 3.63) is 11.9 Å². The lowest BCUT2D eigenvalue weighted by Gasteiger charge is -2.33. The normalized spacial score (nSPS) is 26.4. The summed E-state index contributed by atoms with van der Waals surface area (Å²) in [5, 5.41) is 12.0. The van der Waals surface area contributed by atoms with Crippen molar-refractivity contribution in [2.75, 3.05) is 13.6 Å². The fraction of sp³-hybridized carbons (Fsp3) is 0.875. The standard InChI is InChI=1S/C16H29N5/c1-13-3-7-16(8-4-13)20(2)9-10-21-12-15(18-19-21)11-17-14-5-6-14/h12-14,16-17H,3-11H2,1-2H3. The Bertz CT molecular complexity index is 432. The fourth-order valence-electron chi connectivity index (χ4n) is 3.19. The number of rotatable bonds is 7. The van der Waals surface area contributed by atoms with Gasteiger partial charge in [-0.25, -0.2) is 0 Å². The van der Waals surface area contributed by atoms with Crippen molar-refractivity contribution >= 4 is 0 Å². The molecule has 2 saturated carbocycles. The van der Waals surface area contributed by atoms with Gasteiger partial charge in [0.25, 0.3) is 0 Å². The molecular weight excluding hydrogens is 262 g/mol. The van der Waals surface area contributed by atoms with Crippen molar-refractivity contribution in [2.45, 2.75) is 70.6 Å². The van der Waals surface area contributed by atoms with E-state index in [2.05, 4.69) is 40.7 Å². The van der Waals surface area contributed by atoms with E-state index in [0.717, 1.165) is 43.3 Å². The van der Waals surface area contributed by atoms with Crippen LogP contribution in [0.4, 0.5) is 0 Å². The van der Waals surface area contributed by atoms with Crippen molar-refractivity contribution in [1.82, 2.24) is 25.2 Å². The van der Waals surface area contributed by atoms with Crippen molar-refractivity contribution in [3.63, 3.8) is 0 Å². The van der Waals surface area contributed by atoms with E-state index in [9.17, 15) is 0 Å². The number of hydrogen-bond donors (Lipinski definition) is 1. The third-order valence-corrected chi connectivity index (χ3v) is 5.03. The Morgan fingerprint density at radius 2 is 2.00 bits per heavy atom. The monoisotopic (exact) mass is 291 g/mol. The number of likely N-dealkylation sites (N-methyl/N-ethyl adjacent to an activating group) is 1. The first-order chi connectivity index (χ1) is 10.2. The molecule has 0 spiro atoms. The van der Waals surface area contributed by atoms with Gasteiger partial charge in [-0.05, 0) is 51.5 Å². The molecular formula is C16H29N5. The molecule has 0 aliphatic heterocycles. The summed E-state index contributed by atoms with van der Waals surface area (Å²) in [6.45, 7) is 5.25. The van der Waals surface area contributed by atoms with Crippen LogP contribution in [0.2, 0.25) is 0 Å². The van der Waals surface area contributed by atoms with E-state index in [0.29, 0.717) is 0 Å². The van der Waals surface area contributed by atoms with E-state index < -0.39 is 0 Å². The lowest BCUT2D eigenvalue weighted by molar-refractivity contribution is 0.163. The predicted octanol–water partition coefficient (Wildman–Crippen LogP) is 2.04. The summed E-state index contributed by atoms with van der Waals surface area (Å²) in [4.78, 5) is 2.51. The highest BCUT2D eigenvalue weighted by atomic mass is 15.4. The average Bonchev–Trinajstić information content (AvgIpc) is 3.21. The minimum Gasteiger partial charge on any atom is -0.308 e. The molecule has 2 fully saturated rings. The van der Waals surface area contributed by atoms with Crippen LogP contribution in [0.1, 0.15) is 51.1 Å². The first-order valence-corrected chi connectivity index (χ1v) is 8.53. The highest BCUT2D eigenvalue weighted by molar-refractivity contribution is 4.94. The molecule has 0 aromatic carbocycles. The van der Waals surface area contributed by atoms with Crippen LogP contribution in [0, 0.1) is 5.92 Å². The molecule has 5 heteroatoms. The van der Waals surface area contributed by atoms with Gasteiger partial charge in [0.15, 0.2) is 0 Å². The Labute approximate surface area is 128 Å². The Hall–Kier alpha value is -0.940. The lowest BCUT2D eigenvalue weighted by atomic mass is 9.87. The maximum atomic E-state index is 4.25. The van der Waals surface area contributed by atoms with E-state index in [-0.39, 0.29) is 0 Å². The fourth-order valence-corrected chi connectivity index (χ4v) is 3.19. The molecule has 2 aliphatic rings. The minimum atomic E-state index is 0.731. The molecule has 0 atom stereocenters. The van der Waals surface area contributed by atoms with Gasteiger partial charge in [-0.15, -0.1) is 5.10 Å². The van der Waals surface area contributed by atoms with Crippen LogP contribution in [0.5, 0.6) is 0 Å². The summed E-state index contributed by atoms with van der Waals surface area (Å²) in [5.74, 6) is 0.923. The van der Waals surface area contributed by atoms with Crippen molar-refractivity contribution in [3.8, 4) is 0 Å². The molecule has 5 nitrogen and oxygen atoms in total. The summed E-state index contributed by atoms with van der Waals surface area (Å²) in [5.41, 5.74) is 1.07. The maximum Gasteiger partial charge on any atom is 0.0964 e. The Morgan fingerprint density at radius 3 is 2.71 bits per heavy atom. The summed E-state index contributed by atoms with van der Waals surface area (Å²) in [7, 11) is 2.26. The molecule has 1 N–H and O–H groups in total. The maximum absolute atomic E-state index is 4.25.